The molecule has 1 saturated carbocycles. The van der Waals surface area contributed by atoms with Crippen LogP contribution in [-0.2, 0) is 44.3 Å². The standard InChI is InChI=1S/C42H40N4O8/c1-4-29-30-18-28(15-16-34(30)44-37-31(29)21-46-35(37)19-33-32(39(46)49)22-53-41(51)42(33,52)5-2)54-40(50)26-11-13-27(14-12-26)43-38(48)25-9-7-24(8-10-25)20-45-23(3)6-17-36(45)47/h6,11-19,24-25,52H,3-5,7-10,20-22H2,1-2H3,(H,43,48)/t24?,25?,42-/m0/s1. The number of cyclic esters (lactones) is 1. The minimum atomic E-state index is -1.91. The van der Waals surface area contributed by atoms with Gasteiger partial charge in [-0.25, -0.2) is 14.6 Å². The first-order valence-corrected chi connectivity index (χ1v) is 18.4. The smallest absolute Gasteiger partial charge is 0.343 e. The van der Waals surface area contributed by atoms with E-state index < -0.39 is 17.5 Å². The molecule has 4 aromatic rings. The highest BCUT2D eigenvalue weighted by Crippen LogP contribution is 2.41. The molecule has 2 N–H and O–H groups in total. The van der Waals surface area contributed by atoms with Crippen LogP contribution in [0.1, 0.15) is 78.6 Å². The number of rotatable bonds is 8. The molecule has 4 aliphatic rings. The molecule has 0 saturated heterocycles. The van der Waals surface area contributed by atoms with Crippen molar-refractivity contribution in [1.82, 2.24) is 14.5 Å². The number of aromatic nitrogens is 2. The van der Waals surface area contributed by atoms with Crippen LogP contribution in [-0.4, -0.2) is 49.9 Å². The molecule has 0 radical (unpaired) electrons. The monoisotopic (exact) mass is 728 g/mol. The first kappa shape index (κ1) is 35.2. The molecule has 12 nitrogen and oxygen atoms in total. The number of allylic oxidation sites excluding steroid dienone is 1. The molecule has 0 spiro atoms. The molecule has 12 heteroatoms. The van der Waals surface area contributed by atoms with Gasteiger partial charge in [-0.1, -0.05) is 20.4 Å². The lowest BCUT2D eigenvalue weighted by molar-refractivity contribution is -0.172. The molecule has 276 valence electrons. The molecule has 3 aliphatic heterocycles. The number of esters is 2. The summed E-state index contributed by atoms with van der Waals surface area (Å²) in [5, 5.41) is 15.0. The van der Waals surface area contributed by atoms with Gasteiger partial charge in [0.2, 0.25) is 5.91 Å². The molecular weight excluding hydrogens is 688 g/mol. The highest BCUT2D eigenvalue weighted by molar-refractivity contribution is 5.96. The number of hydrogen-bond donors (Lipinski definition) is 2. The van der Waals surface area contributed by atoms with Crippen molar-refractivity contribution in [3.8, 4) is 17.1 Å². The minimum Gasteiger partial charge on any atom is -0.458 e. The Balaban J connectivity index is 0.944. The average Bonchev–Trinajstić information content (AvgIpc) is 3.70. The first-order chi connectivity index (χ1) is 26.0. The van der Waals surface area contributed by atoms with Crippen LogP contribution >= 0.6 is 0 Å². The van der Waals surface area contributed by atoms with E-state index in [9.17, 15) is 29.1 Å². The second kappa shape index (κ2) is 13.5. The van der Waals surface area contributed by atoms with Crippen LogP contribution in [0.3, 0.4) is 0 Å². The summed E-state index contributed by atoms with van der Waals surface area (Å²) >= 11 is 0. The number of benzene rings is 2. The molecule has 8 rings (SSSR count). The Morgan fingerprint density at radius 1 is 1.02 bits per heavy atom. The van der Waals surface area contributed by atoms with Gasteiger partial charge in [0.15, 0.2) is 5.60 Å². The Hall–Kier alpha value is -5.88. The number of anilines is 1. The van der Waals surface area contributed by atoms with E-state index in [-0.39, 0.29) is 54.0 Å². The van der Waals surface area contributed by atoms with Gasteiger partial charge in [-0.3, -0.25) is 14.4 Å². The van der Waals surface area contributed by atoms with Crippen LogP contribution in [0.25, 0.3) is 22.3 Å². The molecule has 2 amide bonds. The van der Waals surface area contributed by atoms with E-state index in [1.807, 2.05) is 6.92 Å². The fraction of sp³-hybridized carbons (Fsp3) is 0.333. The first-order valence-electron chi connectivity index (χ1n) is 18.4. The van der Waals surface area contributed by atoms with E-state index >= 15 is 0 Å². The van der Waals surface area contributed by atoms with Crippen molar-refractivity contribution in [1.29, 1.82) is 0 Å². The van der Waals surface area contributed by atoms with E-state index in [0.717, 1.165) is 42.2 Å². The number of nitrogens with one attached hydrogen (secondary N) is 1. The third-order valence-corrected chi connectivity index (χ3v) is 11.4. The van der Waals surface area contributed by atoms with Gasteiger partial charge in [0.05, 0.1) is 34.6 Å². The topological polar surface area (TPSA) is 157 Å². The summed E-state index contributed by atoms with van der Waals surface area (Å²) in [6.07, 6.45) is 7.12. The zero-order chi connectivity index (χ0) is 37.9. The van der Waals surface area contributed by atoms with Crippen molar-refractivity contribution >= 4 is 40.3 Å². The summed E-state index contributed by atoms with van der Waals surface area (Å²) < 4.78 is 12.6. The fourth-order valence-electron chi connectivity index (χ4n) is 8.27. The lowest BCUT2D eigenvalue weighted by Crippen LogP contribution is -2.44. The summed E-state index contributed by atoms with van der Waals surface area (Å²) in [6, 6.07) is 13.5. The van der Waals surface area contributed by atoms with E-state index in [1.54, 1.807) is 71.0 Å². The van der Waals surface area contributed by atoms with Crippen LogP contribution in [0.4, 0.5) is 5.69 Å². The van der Waals surface area contributed by atoms with Crippen LogP contribution in [0.15, 0.2) is 77.8 Å². The minimum absolute atomic E-state index is 0.0360. The molecule has 1 atom stereocenters. The summed E-state index contributed by atoms with van der Waals surface area (Å²) in [7, 11) is 0. The fourth-order valence-corrected chi connectivity index (χ4v) is 8.27. The lowest BCUT2D eigenvalue weighted by atomic mass is 9.81. The largest absolute Gasteiger partial charge is 0.458 e. The maximum absolute atomic E-state index is 13.7. The zero-order valence-corrected chi connectivity index (χ0v) is 30.1. The predicted octanol–water partition coefficient (Wildman–Crippen LogP) is 5.52. The van der Waals surface area contributed by atoms with E-state index in [1.165, 1.54) is 6.08 Å². The van der Waals surface area contributed by atoms with Gasteiger partial charge < -0.3 is 29.4 Å². The van der Waals surface area contributed by atoms with Crippen LogP contribution in [0.2, 0.25) is 0 Å². The predicted molar refractivity (Wildman–Crippen MR) is 199 cm³/mol. The molecule has 1 fully saturated rings. The number of hydrogen-bond acceptors (Lipinski definition) is 9. The third-order valence-electron chi connectivity index (χ3n) is 11.4. The van der Waals surface area contributed by atoms with Crippen molar-refractivity contribution in [3.05, 3.63) is 111 Å². The molecular formula is C42H40N4O8. The number of pyridine rings is 2. The van der Waals surface area contributed by atoms with Gasteiger partial charge in [-0.15, -0.1) is 0 Å². The highest BCUT2D eigenvalue weighted by atomic mass is 16.6. The van der Waals surface area contributed by atoms with Crippen molar-refractivity contribution in [3.63, 3.8) is 0 Å². The summed E-state index contributed by atoms with van der Waals surface area (Å²) in [5.74, 6) is -0.888. The SMILES string of the molecule is C=C1C=CC(=O)N1CC1CCC(C(=O)Nc2ccc(C(=O)Oc3ccc4nc5c(c(CC)c4c3)Cn3c-5cc4c(c3=O)COC(=O)[C@]4(O)CC)cc2)CC1. The maximum Gasteiger partial charge on any atom is 0.343 e. The van der Waals surface area contributed by atoms with Gasteiger partial charge in [0.25, 0.3) is 11.5 Å². The van der Waals surface area contributed by atoms with Crippen LogP contribution < -0.4 is 15.6 Å². The summed E-state index contributed by atoms with van der Waals surface area (Å²) in [4.78, 5) is 71.2. The Bertz CT molecular complexity index is 2350. The number of amides is 2. The summed E-state index contributed by atoms with van der Waals surface area (Å²) in [6.45, 7) is 8.30. The lowest BCUT2D eigenvalue weighted by Gasteiger charge is -2.31. The van der Waals surface area contributed by atoms with Crippen molar-refractivity contribution in [2.75, 3.05) is 11.9 Å². The van der Waals surface area contributed by atoms with Crippen molar-refractivity contribution in [2.24, 2.45) is 11.8 Å². The van der Waals surface area contributed by atoms with Crippen molar-refractivity contribution < 1.29 is 33.8 Å². The van der Waals surface area contributed by atoms with Gasteiger partial charge in [0.1, 0.15) is 12.4 Å². The van der Waals surface area contributed by atoms with Crippen LogP contribution in [0, 0.1) is 11.8 Å². The highest BCUT2D eigenvalue weighted by Gasteiger charge is 2.45. The number of nitrogens with zero attached hydrogens (tertiary/aromatic N) is 3. The Morgan fingerprint density at radius 2 is 1.78 bits per heavy atom. The number of fused-ring (bicyclic) bond motifs is 5. The maximum atomic E-state index is 13.7. The zero-order valence-electron chi connectivity index (χ0n) is 30.1. The molecule has 5 heterocycles. The van der Waals surface area contributed by atoms with E-state index in [2.05, 4.69) is 11.9 Å². The number of carbonyl (C=O) groups excluding carboxylic acids is 4. The van der Waals surface area contributed by atoms with Gasteiger partial charge in [-0.05, 0) is 105 Å². The second-order valence-corrected chi connectivity index (χ2v) is 14.5. The second-order valence-electron chi connectivity index (χ2n) is 14.5. The third kappa shape index (κ3) is 5.90. The Morgan fingerprint density at radius 3 is 2.46 bits per heavy atom. The summed E-state index contributed by atoms with van der Waals surface area (Å²) in [5.41, 5.74) is 3.50. The van der Waals surface area contributed by atoms with Gasteiger partial charge >= 0.3 is 11.9 Å². The number of aryl methyl sites for hydroxylation is 1. The Kier molecular flexibility index (Phi) is 8.80. The Labute approximate surface area is 311 Å². The van der Waals surface area contributed by atoms with E-state index in [0.29, 0.717) is 58.5 Å². The molecule has 0 unspecified atom stereocenters. The van der Waals surface area contributed by atoms with Gasteiger partial charge in [0, 0.05) is 46.4 Å². The molecule has 0 bridgehead atoms. The molecule has 2 aromatic carbocycles. The van der Waals surface area contributed by atoms with E-state index in [4.69, 9.17) is 14.5 Å². The quantitative estimate of drug-likeness (QED) is 0.155. The molecule has 2 aromatic heterocycles. The molecule has 1 aliphatic carbocycles. The number of ether oxygens (including phenoxy) is 2. The number of aliphatic hydroxyl groups is 1. The van der Waals surface area contributed by atoms with Crippen LogP contribution in [0.5, 0.6) is 5.75 Å². The van der Waals surface area contributed by atoms with Gasteiger partial charge in [-0.2, -0.15) is 0 Å². The van der Waals surface area contributed by atoms with Crippen molar-refractivity contribution in [2.45, 2.75) is 71.1 Å². The normalized spacial score (nSPS) is 21.5. The molecule has 54 heavy (non-hydrogen) atoms. The number of carbonyl (C=O) groups is 4. The average molecular weight is 729 g/mol.